The molecular weight excluding hydrogens is 1090 g/mol. The summed E-state index contributed by atoms with van der Waals surface area (Å²) in [6.07, 6.45) is 10.0. The molecule has 0 bridgehead atoms. The number of nitrogens with two attached hydrogens (primary N) is 1. The summed E-state index contributed by atoms with van der Waals surface area (Å²) in [6.45, 7) is 7.85. The van der Waals surface area contributed by atoms with Gasteiger partial charge in [0.25, 0.3) is 0 Å². The zero-order valence-corrected chi connectivity index (χ0v) is 48.8. The number of benzene rings is 6. The second kappa shape index (κ2) is 25.9. The van der Waals surface area contributed by atoms with Crippen molar-refractivity contribution < 1.29 is 33.4 Å². The molecule has 4 amide bonds. The number of anilines is 2. The van der Waals surface area contributed by atoms with Gasteiger partial charge in [-0.2, -0.15) is 10.2 Å². The number of aromatic amines is 2. The number of hydrogen-bond acceptors (Lipinski definition) is 10. The zero-order valence-electron chi connectivity index (χ0n) is 48.8. The predicted octanol–water partition coefficient (Wildman–Crippen LogP) is 14.9. The first-order valence-electron chi connectivity index (χ1n) is 29.7. The van der Waals surface area contributed by atoms with Gasteiger partial charge in [-0.1, -0.05) is 141 Å². The van der Waals surface area contributed by atoms with Gasteiger partial charge >= 0.3 is 18.3 Å². The molecule has 13 rings (SSSR count). The molecule has 3 atom stereocenters. The highest BCUT2D eigenvalue weighted by molar-refractivity contribution is 5.98. The fraction of sp³-hybridized carbons (Fsp3) is 0.296. The van der Waals surface area contributed by atoms with Crippen LogP contribution in [0.25, 0.3) is 45.8 Å². The fourth-order valence-corrected chi connectivity index (χ4v) is 12.2. The molecule has 0 saturated carbocycles. The number of nitrogens with one attached hydrogen (secondary N) is 3. The average molecular weight is 1170 g/mol. The molecule has 3 saturated heterocycles. The van der Waals surface area contributed by atoms with E-state index in [1.54, 1.807) is 9.80 Å². The number of likely N-dealkylation sites (tertiary alicyclic amines) is 3. The maximum Gasteiger partial charge on any atom is 0.410 e. The van der Waals surface area contributed by atoms with Crippen molar-refractivity contribution in [2.75, 3.05) is 30.7 Å². The third-order valence-electron chi connectivity index (χ3n) is 16.6. The van der Waals surface area contributed by atoms with Gasteiger partial charge < -0.3 is 25.3 Å². The molecule has 0 spiro atoms. The van der Waals surface area contributed by atoms with E-state index in [-0.39, 0.29) is 50.8 Å². The monoisotopic (exact) mass is 1170 g/mol. The Bertz CT molecular complexity index is 3830. The highest BCUT2D eigenvalue weighted by Crippen LogP contribution is 2.39. The summed E-state index contributed by atoms with van der Waals surface area (Å²) in [5.74, 6) is -0.198. The summed E-state index contributed by atoms with van der Waals surface area (Å²) < 4.78 is 16.7. The zero-order chi connectivity index (χ0) is 59.3. The molecule has 5 heterocycles. The Balaban J connectivity index is 0.000000187. The van der Waals surface area contributed by atoms with Crippen LogP contribution in [0.2, 0.25) is 0 Å². The van der Waals surface area contributed by atoms with Crippen LogP contribution in [-0.4, -0.2) is 90.6 Å². The molecule has 5 N–H and O–H groups in total. The van der Waals surface area contributed by atoms with Crippen LogP contribution >= 0.6 is 0 Å². The molecular formula is C71H75N9O7. The van der Waals surface area contributed by atoms with E-state index in [4.69, 9.17) is 19.9 Å². The molecule has 5 aliphatic rings. The molecule has 2 aliphatic carbocycles. The van der Waals surface area contributed by atoms with E-state index in [0.29, 0.717) is 31.7 Å². The lowest BCUT2D eigenvalue weighted by atomic mass is 10.0. The minimum atomic E-state index is -0.618. The van der Waals surface area contributed by atoms with Gasteiger partial charge in [0, 0.05) is 42.1 Å². The fourth-order valence-electron chi connectivity index (χ4n) is 12.2. The molecule has 0 unspecified atom stereocenters. The van der Waals surface area contributed by atoms with E-state index in [1.807, 2.05) is 112 Å². The molecule has 16 nitrogen and oxygen atoms in total. The van der Waals surface area contributed by atoms with Crippen molar-refractivity contribution in [3.05, 3.63) is 214 Å². The Hall–Kier alpha value is -9.70. The summed E-state index contributed by atoms with van der Waals surface area (Å²) in [7, 11) is 0. The van der Waals surface area contributed by atoms with Crippen molar-refractivity contribution in [1.82, 2.24) is 35.1 Å². The number of hydrogen-bond donors (Lipinski definition) is 4. The second-order valence-electron chi connectivity index (χ2n) is 23.7. The normalized spacial score (nSPS) is 17.5. The number of aromatic nitrogens is 4. The smallest absolute Gasteiger partial charge is 0.410 e. The van der Waals surface area contributed by atoms with E-state index in [2.05, 4.69) is 105 Å². The van der Waals surface area contributed by atoms with Crippen molar-refractivity contribution in [3.8, 4) is 22.5 Å². The van der Waals surface area contributed by atoms with Gasteiger partial charge in [-0.15, -0.1) is 0 Å². The van der Waals surface area contributed by atoms with E-state index in [1.165, 1.54) is 38.3 Å². The van der Waals surface area contributed by atoms with Gasteiger partial charge in [0.1, 0.15) is 24.9 Å². The van der Waals surface area contributed by atoms with Gasteiger partial charge in [0.05, 0.1) is 34.9 Å². The summed E-state index contributed by atoms with van der Waals surface area (Å²) in [6, 6.07) is 51.8. The lowest BCUT2D eigenvalue weighted by Crippen LogP contribution is -2.45. The van der Waals surface area contributed by atoms with Crippen molar-refractivity contribution in [3.63, 3.8) is 0 Å². The lowest BCUT2D eigenvalue weighted by Gasteiger charge is -2.28. The summed E-state index contributed by atoms with van der Waals surface area (Å²) in [5.41, 5.74) is 23.9. The molecule has 3 fully saturated rings. The summed E-state index contributed by atoms with van der Waals surface area (Å²) in [4.78, 5) is 56.8. The Morgan fingerprint density at radius 3 is 1.52 bits per heavy atom. The number of carbonyl (C=O) groups is 4. The third-order valence-corrected chi connectivity index (χ3v) is 16.6. The lowest BCUT2D eigenvalue weighted by molar-refractivity contribution is -0.120. The average Bonchev–Trinajstić information content (AvgIpc) is 4.59. The van der Waals surface area contributed by atoms with Crippen LogP contribution < -0.4 is 11.1 Å². The molecule has 6 aromatic carbocycles. The number of nitrogens with zero attached hydrogens (tertiary/aromatic N) is 5. The second-order valence-corrected chi connectivity index (χ2v) is 23.7. The van der Waals surface area contributed by atoms with Crippen molar-refractivity contribution in [2.24, 2.45) is 0 Å². The van der Waals surface area contributed by atoms with Gasteiger partial charge in [0.2, 0.25) is 5.91 Å². The molecule has 2 aromatic heterocycles. The number of rotatable bonds is 12. The first-order chi connectivity index (χ1) is 41.7. The maximum atomic E-state index is 13.2. The highest BCUT2D eigenvalue weighted by Gasteiger charge is 2.38. The first-order valence-corrected chi connectivity index (χ1v) is 29.7. The van der Waals surface area contributed by atoms with E-state index in [0.717, 1.165) is 107 Å². The number of fused-ring (bicyclic) bond motifs is 2. The Morgan fingerprint density at radius 1 is 0.552 bits per heavy atom. The molecule has 3 aliphatic heterocycles. The highest BCUT2D eigenvalue weighted by atomic mass is 16.6. The number of H-pyrrole nitrogens is 2. The van der Waals surface area contributed by atoms with Crippen LogP contribution in [0, 0.1) is 0 Å². The Kier molecular flexibility index (Phi) is 17.6. The molecule has 87 heavy (non-hydrogen) atoms. The van der Waals surface area contributed by atoms with Crippen molar-refractivity contribution in [1.29, 1.82) is 0 Å². The largest absolute Gasteiger partial charge is 0.445 e. The number of allylic oxidation sites excluding steroid dienone is 2. The maximum absolute atomic E-state index is 13.2. The van der Waals surface area contributed by atoms with Crippen LogP contribution in [-0.2, 0) is 45.1 Å². The standard InChI is InChI=1S/C40H43N5O5.C30H28N4O2.CH4/c1-40(2,3)50-39(48)45-20-8-12-36(45)37(46)41-32-18-17-29-21-30(22-31(29)23-32)27-13-15-28(16-14-27)33-24-34(43-42-33)35-11-7-19-44(35)38(47)49-25-26-9-5-4-6-10-26;31-26-13-12-23-15-24(16-25(23)17-26)21-8-10-22(11-9-21)27-18-28(33-32-27)29-7-4-14-34(29)30(35)36-19-20-5-2-1-3-6-20;/h4-6,9-10,13-18,22-24,35-36H,7-8,11-12,19-21,25H2,1-3H3,(H,41,46)(H,42,43);1-3,5-6,8-13,16-18,29H,4,7,14-15,19,31H2,(H,32,33);1H4/t35-,36-;29-;/m00./s1. The van der Waals surface area contributed by atoms with E-state index >= 15 is 0 Å². The minimum absolute atomic E-state index is 0. The van der Waals surface area contributed by atoms with Crippen molar-refractivity contribution >= 4 is 58.9 Å². The summed E-state index contributed by atoms with van der Waals surface area (Å²) >= 11 is 0. The van der Waals surface area contributed by atoms with Gasteiger partial charge in [-0.3, -0.25) is 29.7 Å². The van der Waals surface area contributed by atoms with E-state index in [9.17, 15) is 19.2 Å². The van der Waals surface area contributed by atoms with E-state index < -0.39 is 17.7 Å². The SMILES string of the molecule is C.CC(C)(C)OC(=O)N1CCC[C@H]1C(=O)Nc1ccc2c(c1)C=C(c1ccc(-c3cc([C@@H]4CCCN4C(=O)OCc4ccccc4)[nH]n3)cc1)C2.Nc1ccc2c(c1)C=C(c1ccc(-c3cc([C@@H]4CCCN4C(=O)OCc4ccccc4)[nH]n3)cc1)C2. The Labute approximate surface area is 508 Å². The third kappa shape index (κ3) is 13.7. The molecule has 8 aromatic rings. The number of ether oxygens (including phenoxy) is 3. The van der Waals surface area contributed by atoms with Crippen LogP contribution in [0.3, 0.4) is 0 Å². The number of nitrogen functional groups attached to an aromatic ring is 1. The van der Waals surface area contributed by atoms with Crippen LogP contribution in [0.1, 0.15) is 135 Å². The number of carbonyl (C=O) groups excluding carboxylic acids is 4. The quantitative estimate of drug-likeness (QED) is 0.0674. The minimum Gasteiger partial charge on any atom is -0.445 e. The molecule has 0 radical (unpaired) electrons. The summed E-state index contributed by atoms with van der Waals surface area (Å²) in [5, 5.41) is 18.5. The Morgan fingerprint density at radius 2 is 1.01 bits per heavy atom. The molecule has 16 heteroatoms. The van der Waals surface area contributed by atoms with Gasteiger partial charge in [-0.05, 0) is 164 Å². The van der Waals surface area contributed by atoms with Crippen molar-refractivity contribution in [2.45, 2.75) is 117 Å². The van der Waals surface area contributed by atoms with Gasteiger partial charge in [0.15, 0.2) is 0 Å². The number of amides is 4. The first kappa shape index (κ1) is 59.0. The predicted molar refractivity (Wildman–Crippen MR) is 340 cm³/mol. The molecule has 446 valence electrons. The van der Waals surface area contributed by atoms with Gasteiger partial charge in [-0.25, -0.2) is 14.4 Å². The topological polar surface area (TPSA) is 201 Å². The van der Waals surface area contributed by atoms with Crippen LogP contribution in [0.4, 0.5) is 25.8 Å². The van der Waals surface area contributed by atoms with Crippen LogP contribution in [0.15, 0.2) is 158 Å². The van der Waals surface area contributed by atoms with Crippen LogP contribution in [0.5, 0.6) is 0 Å².